The lowest BCUT2D eigenvalue weighted by molar-refractivity contribution is 1.18. The summed E-state index contributed by atoms with van der Waals surface area (Å²) in [5, 5.41) is 32.1. The van der Waals surface area contributed by atoms with Gasteiger partial charge in [-0.25, -0.2) is 0 Å². The zero-order valence-corrected chi connectivity index (χ0v) is 28.8. The number of nitrogens with zero attached hydrogens (tertiary/aromatic N) is 5. The van der Waals surface area contributed by atoms with Gasteiger partial charge in [0.1, 0.15) is 12.1 Å². The van der Waals surface area contributed by atoms with E-state index in [-0.39, 0.29) is 0 Å². The van der Waals surface area contributed by atoms with Gasteiger partial charge in [0.2, 0.25) is 0 Å². The highest BCUT2D eigenvalue weighted by molar-refractivity contribution is 6.26. The van der Waals surface area contributed by atoms with Gasteiger partial charge in [-0.05, 0) is 63.5 Å². The molecule has 0 fully saturated rings. The molecular formula is C49H27N5. The molecule has 11 rings (SSSR count). The number of aromatic nitrogens is 3. The van der Waals surface area contributed by atoms with Crippen LogP contribution in [0.2, 0.25) is 0 Å². The Morgan fingerprint density at radius 3 is 1.89 bits per heavy atom. The van der Waals surface area contributed by atoms with E-state index in [2.05, 4.69) is 166 Å². The number of para-hydroxylation sites is 1. The first-order chi connectivity index (χ1) is 26.7. The average molecular weight is 686 g/mol. The van der Waals surface area contributed by atoms with Gasteiger partial charge < -0.3 is 9.13 Å². The summed E-state index contributed by atoms with van der Waals surface area (Å²) in [5.74, 6) is 0. The van der Waals surface area contributed by atoms with E-state index in [0.717, 1.165) is 87.7 Å². The minimum Gasteiger partial charge on any atom is -0.308 e. The summed E-state index contributed by atoms with van der Waals surface area (Å²) in [6.45, 7) is 0. The number of rotatable bonds is 3. The van der Waals surface area contributed by atoms with Gasteiger partial charge in [-0.15, -0.1) is 0 Å². The van der Waals surface area contributed by atoms with E-state index < -0.39 is 0 Å². The van der Waals surface area contributed by atoms with Crippen molar-refractivity contribution in [3.63, 3.8) is 0 Å². The summed E-state index contributed by atoms with van der Waals surface area (Å²) in [5.41, 5.74) is 8.65. The molecule has 0 amide bonds. The molecule has 11 aromatic rings. The van der Waals surface area contributed by atoms with Crippen molar-refractivity contribution in [2.75, 3.05) is 0 Å². The van der Waals surface area contributed by atoms with Crippen molar-refractivity contribution in [2.24, 2.45) is 0 Å². The highest BCUT2D eigenvalue weighted by Gasteiger charge is 2.23. The number of benzene rings is 8. The maximum absolute atomic E-state index is 10.4. The molecule has 248 valence electrons. The van der Waals surface area contributed by atoms with Gasteiger partial charge in [-0.2, -0.15) is 10.5 Å². The molecule has 0 spiro atoms. The lowest BCUT2D eigenvalue weighted by atomic mass is 9.92. The fraction of sp³-hybridized carbons (Fsp3) is 0. The van der Waals surface area contributed by atoms with E-state index >= 15 is 0 Å². The Hall–Kier alpha value is -7.73. The summed E-state index contributed by atoms with van der Waals surface area (Å²) < 4.78 is 4.62. The quantitative estimate of drug-likeness (QED) is 0.186. The molecule has 5 heteroatoms. The van der Waals surface area contributed by atoms with Gasteiger partial charge in [0.05, 0.1) is 50.8 Å². The molecule has 0 atom stereocenters. The van der Waals surface area contributed by atoms with Crippen LogP contribution in [0.25, 0.3) is 98.4 Å². The molecule has 0 saturated carbocycles. The molecule has 0 aliphatic rings. The van der Waals surface area contributed by atoms with Crippen LogP contribution in [0.15, 0.2) is 164 Å². The molecule has 3 heterocycles. The van der Waals surface area contributed by atoms with Crippen molar-refractivity contribution in [1.82, 2.24) is 14.1 Å². The standard InChI is InChI=1S/C49H27N5/c50-27-32-25-42(37-20-22-44(38-14-6-5-13-36(37)38)53-43-16-8-7-15-39(43)40-23-24-52-29-47(40)53)46(26-33(32)28-51)54-45-21-18-30-9-1-3-11-34(30)48(45)41-19-17-31-10-2-4-12-35(31)49(41)54/h1-26,29H. The Morgan fingerprint density at radius 1 is 0.426 bits per heavy atom. The summed E-state index contributed by atoms with van der Waals surface area (Å²) in [4.78, 5) is 4.52. The summed E-state index contributed by atoms with van der Waals surface area (Å²) in [7, 11) is 0. The predicted octanol–water partition coefficient (Wildman–Crippen LogP) is 12.1. The van der Waals surface area contributed by atoms with Crippen molar-refractivity contribution in [3.8, 4) is 34.6 Å². The van der Waals surface area contributed by atoms with E-state index in [0.29, 0.717) is 11.1 Å². The maximum atomic E-state index is 10.4. The normalized spacial score (nSPS) is 11.7. The molecule has 0 bridgehead atoms. The highest BCUT2D eigenvalue weighted by Crippen LogP contribution is 2.45. The minimum absolute atomic E-state index is 0.339. The van der Waals surface area contributed by atoms with E-state index in [9.17, 15) is 10.5 Å². The van der Waals surface area contributed by atoms with Crippen LogP contribution in [-0.2, 0) is 0 Å². The molecule has 8 aromatic carbocycles. The third-order valence-electron chi connectivity index (χ3n) is 11.1. The van der Waals surface area contributed by atoms with Crippen molar-refractivity contribution >= 4 is 75.9 Å². The molecule has 0 aliphatic carbocycles. The second kappa shape index (κ2) is 11.4. The molecule has 5 nitrogen and oxygen atoms in total. The number of nitriles is 2. The van der Waals surface area contributed by atoms with E-state index in [1.54, 1.807) is 0 Å². The van der Waals surface area contributed by atoms with Crippen molar-refractivity contribution in [1.29, 1.82) is 10.5 Å². The summed E-state index contributed by atoms with van der Waals surface area (Å²) in [6.07, 6.45) is 3.78. The highest BCUT2D eigenvalue weighted by atomic mass is 15.0. The fourth-order valence-corrected chi connectivity index (χ4v) is 8.76. The second-order valence-electron chi connectivity index (χ2n) is 13.8. The summed E-state index contributed by atoms with van der Waals surface area (Å²) >= 11 is 0. The SMILES string of the molecule is N#Cc1cc(-c2ccc(-n3c4ccccc4c4ccncc43)c3ccccc23)c(-n2c3ccc4ccccc4c3c3ccc4ccccc4c32)cc1C#N. The van der Waals surface area contributed by atoms with Gasteiger partial charge in [0, 0.05) is 44.1 Å². The zero-order valence-electron chi connectivity index (χ0n) is 28.8. The van der Waals surface area contributed by atoms with Gasteiger partial charge in [-0.1, -0.05) is 115 Å². The van der Waals surface area contributed by atoms with Crippen LogP contribution in [0, 0.1) is 22.7 Å². The van der Waals surface area contributed by atoms with Gasteiger partial charge in [-0.3, -0.25) is 4.98 Å². The second-order valence-corrected chi connectivity index (χ2v) is 13.8. The Labute approximate surface area is 309 Å². The van der Waals surface area contributed by atoms with Crippen molar-refractivity contribution in [3.05, 3.63) is 175 Å². The van der Waals surface area contributed by atoms with Gasteiger partial charge in [0.15, 0.2) is 0 Å². The fourth-order valence-electron chi connectivity index (χ4n) is 8.76. The first-order valence-corrected chi connectivity index (χ1v) is 17.9. The van der Waals surface area contributed by atoms with E-state index in [1.807, 2.05) is 24.5 Å². The first kappa shape index (κ1) is 29.9. The molecule has 0 saturated heterocycles. The van der Waals surface area contributed by atoms with Crippen LogP contribution >= 0.6 is 0 Å². The van der Waals surface area contributed by atoms with E-state index in [1.165, 1.54) is 10.8 Å². The van der Waals surface area contributed by atoms with Gasteiger partial charge >= 0.3 is 0 Å². The lowest BCUT2D eigenvalue weighted by Gasteiger charge is -2.19. The molecule has 0 unspecified atom stereocenters. The molecule has 3 aromatic heterocycles. The molecule has 0 aliphatic heterocycles. The number of hydrogen-bond acceptors (Lipinski definition) is 3. The predicted molar refractivity (Wildman–Crippen MR) is 220 cm³/mol. The maximum Gasteiger partial charge on any atom is 0.101 e. The van der Waals surface area contributed by atoms with Crippen LogP contribution in [0.3, 0.4) is 0 Å². The molecule has 0 radical (unpaired) electrons. The topological polar surface area (TPSA) is 70.3 Å². The van der Waals surface area contributed by atoms with Crippen LogP contribution in [0.4, 0.5) is 0 Å². The average Bonchev–Trinajstić information content (AvgIpc) is 3.76. The molecule has 54 heavy (non-hydrogen) atoms. The smallest absolute Gasteiger partial charge is 0.101 e. The van der Waals surface area contributed by atoms with E-state index in [4.69, 9.17) is 0 Å². The minimum atomic E-state index is 0.339. The van der Waals surface area contributed by atoms with Gasteiger partial charge in [0.25, 0.3) is 0 Å². The number of pyridine rings is 1. The zero-order chi connectivity index (χ0) is 35.9. The van der Waals surface area contributed by atoms with Crippen LogP contribution in [0.1, 0.15) is 11.1 Å². The van der Waals surface area contributed by atoms with Crippen LogP contribution in [-0.4, -0.2) is 14.1 Å². The largest absolute Gasteiger partial charge is 0.308 e. The lowest BCUT2D eigenvalue weighted by Crippen LogP contribution is -2.02. The Balaban J connectivity index is 1.29. The van der Waals surface area contributed by atoms with Crippen LogP contribution in [0.5, 0.6) is 0 Å². The van der Waals surface area contributed by atoms with Crippen molar-refractivity contribution in [2.45, 2.75) is 0 Å². The van der Waals surface area contributed by atoms with Crippen LogP contribution < -0.4 is 0 Å². The first-order valence-electron chi connectivity index (χ1n) is 17.9. The number of fused-ring (bicyclic) bond motifs is 11. The Morgan fingerprint density at radius 2 is 1.07 bits per heavy atom. The number of hydrogen-bond donors (Lipinski definition) is 0. The van der Waals surface area contributed by atoms with Crippen molar-refractivity contribution < 1.29 is 0 Å². The monoisotopic (exact) mass is 685 g/mol. The third kappa shape index (κ3) is 4.10. The molecular weight excluding hydrogens is 659 g/mol. The molecule has 0 N–H and O–H groups in total. The third-order valence-corrected chi connectivity index (χ3v) is 11.1. The Kier molecular flexibility index (Phi) is 6.32. The Bertz CT molecular complexity index is 3430. The summed E-state index contributed by atoms with van der Waals surface area (Å²) in [6, 6.07) is 57.6.